The van der Waals surface area contributed by atoms with Gasteiger partial charge in [0.2, 0.25) is 0 Å². The van der Waals surface area contributed by atoms with E-state index in [2.05, 4.69) is 51.4 Å². The minimum atomic E-state index is -0.479. The van der Waals surface area contributed by atoms with Crippen molar-refractivity contribution in [3.63, 3.8) is 0 Å². The van der Waals surface area contributed by atoms with Gasteiger partial charge in [0.15, 0.2) is 0 Å². The molecule has 1 amide bonds. The van der Waals surface area contributed by atoms with Gasteiger partial charge < -0.3 is 15.0 Å². The lowest BCUT2D eigenvalue weighted by Gasteiger charge is -2.14. The molecule has 4 rings (SSSR count). The number of carbonyl (C=O) groups excluding carboxylic acids is 1. The molecular weight excluding hydrogens is 366 g/mol. The van der Waals surface area contributed by atoms with Crippen LogP contribution in [0.15, 0.2) is 65.8 Å². The second kappa shape index (κ2) is 8.44. The molecule has 0 spiro atoms. The van der Waals surface area contributed by atoms with Crippen LogP contribution in [0.4, 0.5) is 4.79 Å². The van der Waals surface area contributed by atoms with Gasteiger partial charge in [-0.05, 0) is 22.3 Å². The van der Waals surface area contributed by atoms with E-state index >= 15 is 0 Å². The molecule has 6 heteroatoms. The first-order valence-electron chi connectivity index (χ1n) is 9.34. The molecular formula is C23H19N3O3. The Balaban J connectivity index is 1.31. The van der Waals surface area contributed by atoms with Gasteiger partial charge in [-0.15, -0.1) is 0 Å². The lowest BCUT2D eigenvalue weighted by atomic mass is 9.98. The first-order valence-corrected chi connectivity index (χ1v) is 9.34. The Morgan fingerprint density at radius 3 is 2.48 bits per heavy atom. The van der Waals surface area contributed by atoms with Crippen LogP contribution in [0.25, 0.3) is 11.1 Å². The summed E-state index contributed by atoms with van der Waals surface area (Å²) >= 11 is 0. The number of rotatable bonds is 4. The van der Waals surface area contributed by atoms with Crippen molar-refractivity contribution in [1.29, 1.82) is 0 Å². The van der Waals surface area contributed by atoms with Crippen LogP contribution < -0.4 is 10.9 Å². The Kier molecular flexibility index (Phi) is 5.39. The number of aromatic amines is 1. The highest BCUT2D eigenvalue weighted by atomic mass is 16.5. The number of ether oxygens (including phenoxy) is 1. The molecule has 0 radical (unpaired) electrons. The number of carbonyl (C=O) groups is 1. The maximum Gasteiger partial charge on any atom is 0.407 e. The molecule has 0 bridgehead atoms. The minimum Gasteiger partial charge on any atom is -0.449 e. The van der Waals surface area contributed by atoms with Crippen LogP contribution >= 0.6 is 0 Å². The van der Waals surface area contributed by atoms with Gasteiger partial charge in [-0.3, -0.25) is 4.79 Å². The predicted octanol–water partition coefficient (Wildman–Crippen LogP) is 3.05. The summed E-state index contributed by atoms with van der Waals surface area (Å²) in [6.45, 7) is 0.610. The quantitative estimate of drug-likeness (QED) is 0.534. The highest BCUT2D eigenvalue weighted by molar-refractivity contribution is 5.79. The van der Waals surface area contributed by atoms with E-state index in [0.717, 1.165) is 0 Å². The van der Waals surface area contributed by atoms with Gasteiger partial charge in [-0.25, -0.2) is 9.78 Å². The monoisotopic (exact) mass is 385 g/mol. The van der Waals surface area contributed by atoms with Crippen LogP contribution in [0.2, 0.25) is 0 Å². The Morgan fingerprint density at radius 2 is 1.79 bits per heavy atom. The van der Waals surface area contributed by atoms with Gasteiger partial charge >= 0.3 is 6.09 Å². The number of aromatic nitrogens is 2. The number of hydrogen-bond donors (Lipinski definition) is 2. The summed E-state index contributed by atoms with van der Waals surface area (Å²) in [5.41, 5.74) is 4.75. The van der Waals surface area contributed by atoms with Gasteiger partial charge in [0, 0.05) is 25.1 Å². The summed E-state index contributed by atoms with van der Waals surface area (Å²) in [6, 6.07) is 16.4. The molecule has 144 valence electrons. The minimum absolute atomic E-state index is 0.0326. The third kappa shape index (κ3) is 4.04. The van der Waals surface area contributed by atoms with Gasteiger partial charge in [-0.2, -0.15) is 0 Å². The molecule has 2 aromatic carbocycles. The number of fused-ring (bicyclic) bond motifs is 3. The molecule has 0 saturated heterocycles. The molecule has 0 aliphatic heterocycles. The van der Waals surface area contributed by atoms with Crippen LogP contribution in [0, 0.1) is 11.8 Å². The molecule has 0 fully saturated rings. The number of H-pyrrole nitrogens is 1. The summed E-state index contributed by atoms with van der Waals surface area (Å²) in [6.07, 6.45) is 2.64. The Bertz CT molecular complexity index is 1110. The van der Waals surface area contributed by atoms with E-state index in [1.165, 1.54) is 34.8 Å². The van der Waals surface area contributed by atoms with E-state index in [4.69, 9.17) is 4.74 Å². The summed E-state index contributed by atoms with van der Waals surface area (Å²) in [5.74, 6) is 5.61. The van der Waals surface area contributed by atoms with Crippen molar-refractivity contribution < 1.29 is 9.53 Å². The molecule has 1 heterocycles. The molecule has 0 unspecified atom stereocenters. The molecule has 2 N–H and O–H groups in total. The van der Waals surface area contributed by atoms with E-state index in [9.17, 15) is 9.59 Å². The van der Waals surface area contributed by atoms with E-state index in [0.29, 0.717) is 18.5 Å². The lowest BCUT2D eigenvalue weighted by Crippen LogP contribution is -2.26. The number of amides is 1. The van der Waals surface area contributed by atoms with Crippen LogP contribution in [0.1, 0.15) is 29.0 Å². The topological polar surface area (TPSA) is 84.1 Å². The zero-order chi connectivity index (χ0) is 20.1. The van der Waals surface area contributed by atoms with Gasteiger partial charge in [0.1, 0.15) is 12.2 Å². The van der Waals surface area contributed by atoms with Gasteiger partial charge in [0.25, 0.3) is 5.56 Å². The molecule has 1 aliphatic rings. The van der Waals surface area contributed by atoms with Crippen molar-refractivity contribution in [1.82, 2.24) is 15.3 Å². The van der Waals surface area contributed by atoms with E-state index in [-0.39, 0.29) is 18.1 Å². The van der Waals surface area contributed by atoms with Crippen molar-refractivity contribution in [3.8, 4) is 23.0 Å². The molecule has 0 saturated carbocycles. The number of nitrogens with one attached hydrogen (secondary N) is 2. The largest absolute Gasteiger partial charge is 0.449 e. The lowest BCUT2D eigenvalue weighted by molar-refractivity contribution is 0.143. The van der Waals surface area contributed by atoms with Crippen molar-refractivity contribution in [2.24, 2.45) is 0 Å². The normalized spacial score (nSPS) is 11.7. The molecule has 6 nitrogen and oxygen atoms in total. The van der Waals surface area contributed by atoms with E-state index < -0.39 is 6.09 Å². The first kappa shape index (κ1) is 18.5. The maximum atomic E-state index is 12.1. The van der Waals surface area contributed by atoms with Gasteiger partial charge in [-0.1, -0.05) is 60.4 Å². The zero-order valence-corrected chi connectivity index (χ0v) is 15.6. The summed E-state index contributed by atoms with van der Waals surface area (Å²) in [5, 5.41) is 2.69. The summed E-state index contributed by atoms with van der Waals surface area (Å²) < 4.78 is 5.46. The average molecular weight is 385 g/mol. The summed E-state index contributed by atoms with van der Waals surface area (Å²) in [7, 11) is 0. The van der Waals surface area contributed by atoms with Crippen LogP contribution in [-0.2, 0) is 4.74 Å². The fourth-order valence-corrected chi connectivity index (χ4v) is 3.47. The molecule has 1 aliphatic carbocycles. The molecule has 0 atom stereocenters. The fraction of sp³-hybridized carbons (Fsp3) is 0.174. The smallest absolute Gasteiger partial charge is 0.407 e. The van der Waals surface area contributed by atoms with Crippen LogP contribution in [-0.4, -0.2) is 29.2 Å². The average Bonchev–Trinajstić information content (AvgIpc) is 3.07. The third-order valence-electron chi connectivity index (χ3n) is 4.80. The van der Waals surface area contributed by atoms with Crippen LogP contribution in [0.5, 0.6) is 0 Å². The number of benzene rings is 2. The second-order valence-corrected chi connectivity index (χ2v) is 6.60. The second-order valence-electron chi connectivity index (χ2n) is 6.60. The highest BCUT2D eigenvalue weighted by Crippen LogP contribution is 2.44. The number of alkyl carbamates (subject to hydrolysis) is 1. The third-order valence-corrected chi connectivity index (χ3v) is 4.80. The Morgan fingerprint density at radius 1 is 1.10 bits per heavy atom. The SMILES string of the molecule is O=C(NCCC#Cc1cnc[nH]c1=O)OCC1c2ccccc2-c2ccccc21. The van der Waals surface area contributed by atoms with Crippen molar-refractivity contribution in [2.75, 3.05) is 13.2 Å². The van der Waals surface area contributed by atoms with Crippen LogP contribution in [0.3, 0.4) is 0 Å². The predicted molar refractivity (Wildman–Crippen MR) is 109 cm³/mol. The fourth-order valence-electron chi connectivity index (χ4n) is 3.47. The molecule has 1 aromatic heterocycles. The first-order chi connectivity index (χ1) is 14.2. The number of nitrogens with zero attached hydrogens (tertiary/aromatic N) is 1. The maximum absolute atomic E-state index is 12.1. The Hall–Kier alpha value is -3.85. The van der Waals surface area contributed by atoms with E-state index in [1.54, 1.807) is 0 Å². The summed E-state index contributed by atoms with van der Waals surface area (Å²) in [4.78, 5) is 29.8. The van der Waals surface area contributed by atoms with Crippen molar-refractivity contribution in [3.05, 3.63) is 88.1 Å². The molecule has 3 aromatic rings. The highest BCUT2D eigenvalue weighted by Gasteiger charge is 2.28. The number of hydrogen-bond acceptors (Lipinski definition) is 4. The van der Waals surface area contributed by atoms with E-state index in [1.807, 2.05) is 24.3 Å². The van der Waals surface area contributed by atoms with Gasteiger partial charge in [0.05, 0.1) is 6.33 Å². The standard InChI is InChI=1S/C23H19N3O3/c27-22-16(13-24-15-26-22)7-5-6-12-25-23(28)29-14-21-19-10-3-1-8-17(19)18-9-2-4-11-20(18)21/h1-4,8-11,13,15,21H,6,12,14H2,(H,25,28)(H,24,26,27). The Labute approximate surface area is 168 Å². The van der Waals surface area contributed by atoms with Crippen molar-refractivity contribution >= 4 is 6.09 Å². The molecule has 29 heavy (non-hydrogen) atoms. The zero-order valence-electron chi connectivity index (χ0n) is 15.6. The van der Waals surface area contributed by atoms with Crippen molar-refractivity contribution in [2.45, 2.75) is 12.3 Å².